The van der Waals surface area contributed by atoms with Crippen LogP contribution in [-0.4, -0.2) is 29.9 Å². The summed E-state index contributed by atoms with van der Waals surface area (Å²) in [6, 6.07) is 8.53. The number of carbonyl (C=O) groups excluding carboxylic acids is 1. The van der Waals surface area contributed by atoms with Crippen LogP contribution >= 0.6 is 11.8 Å². The molecule has 0 aliphatic heterocycles. The SMILES string of the molecule is CCOC(=O)C(C)(CSc1cccc(C)c1)NC(C)C. The summed E-state index contributed by atoms with van der Waals surface area (Å²) in [6.07, 6.45) is 0. The Balaban J connectivity index is 2.76. The molecule has 0 saturated carbocycles. The summed E-state index contributed by atoms with van der Waals surface area (Å²) in [5.41, 5.74) is 0.558. The number of benzene rings is 1. The minimum absolute atomic E-state index is 0.186. The number of aryl methyl sites for hydroxylation is 1. The van der Waals surface area contributed by atoms with Crippen molar-refractivity contribution in [2.75, 3.05) is 12.4 Å². The van der Waals surface area contributed by atoms with Crippen molar-refractivity contribution >= 4 is 17.7 Å². The second kappa shape index (κ2) is 7.70. The van der Waals surface area contributed by atoms with Crippen molar-refractivity contribution < 1.29 is 9.53 Å². The number of ether oxygens (including phenoxy) is 1. The number of hydrogen-bond acceptors (Lipinski definition) is 4. The van der Waals surface area contributed by atoms with E-state index in [4.69, 9.17) is 4.74 Å². The predicted octanol–water partition coefficient (Wildman–Crippen LogP) is 3.41. The Kier molecular flexibility index (Phi) is 6.56. The van der Waals surface area contributed by atoms with Gasteiger partial charge in [-0.05, 0) is 46.8 Å². The number of rotatable bonds is 7. The molecule has 112 valence electrons. The number of thioether (sulfide) groups is 1. The molecule has 1 aromatic rings. The van der Waals surface area contributed by atoms with E-state index in [-0.39, 0.29) is 12.0 Å². The average molecular weight is 295 g/mol. The van der Waals surface area contributed by atoms with Crippen molar-refractivity contribution in [2.24, 2.45) is 0 Å². The summed E-state index contributed by atoms with van der Waals surface area (Å²) in [7, 11) is 0. The summed E-state index contributed by atoms with van der Waals surface area (Å²) < 4.78 is 5.21. The Morgan fingerprint density at radius 2 is 2.15 bits per heavy atom. The van der Waals surface area contributed by atoms with E-state index < -0.39 is 5.54 Å². The summed E-state index contributed by atoms with van der Waals surface area (Å²) >= 11 is 1.67. The van der Waals surface area contributed by atoms with Gasteiger partial charge in [0.25, 0.3) is 0 Å². The smallest absolute Gasteiger partial charge is 0.326 e. The van der Waals surface area contributed by atoms with Gasteiger partial charge >= 0.3 is 5.97 Å². The molecule has 1 unspecified atom stereocenters. The van der Waals surface area contributed by atoms with Crippen LogP contribution in [0.5, 0.6) is 0 Å². The highest BCUT2D eigenvalue weighted by Gasteiger charge is 2.35. The molecule has 0 aliphatic carbocycles. The Labute approximate surface area is 126 Å². The Hall–Kier alpha value is -1.00. The number of nitrogens with one attached hydrogen (secondary N) is 1. The second-order valence-electron chi connectivity index (χ2n) is 5.46. The zero-order valence-electron chi connectivity index (χ0n) is 13.0. The van der Waals surface area contributed by atoms with E-state index in [1.807, 2.05) is 33.8 Å². The molecule has 0 aromatic heterocycles. The van der Waals surface area contributed by atoms with Crippen molar-refractivity contribution in [3.05, 3.63) is 29.8 Å². The third-order valence-corrected chi connectivity index (χ3v) is 4.16. The first-order valence-corrected chi connectivity index (χ1v) is 8.00. The fourth-order valence-electron chi connectivity index (χ4n) is 2.02. The van der Waals surface area contributed by atoms with Crippen LogP contribution in [0, 0.1) is 6.92 Å². The van der Waals surface area contributed by atoms with E-state index in [0.29, 0.717) is 12.4 Å². The highest BCUT2D eigenvalue weighted by atomic mass is 32.2. The first-order valence-electron chi connectivity index (χ1n) is 7.02. The van der Waals surface area contributed by atoms with Gasteiger partial charge in [0.2, 0.25) is 0 Å². The van der Waals surface area contributed by atoms with Crippen LogP contribution in [0.1, 0.15) is 33.3 Å². The first kappa shape index (κ1) is 17.1. The molecule has 4 heteroatoms. The van der Waals surface area contributed by atoms with E-state index in [1.165, 1.54) is 10.5 Å². The molecule has 0 heterocycles. The van der Waals surface area contributed by atoms with Gasteiger partial charge in [-0.25, -0.2) is 0 Å². The van der Waals surface area contributed by atoms with Gasteiger partial charge in [-0.3, -0.25) is 10.1 Å². The quantitative estimate of drug-likeness (QED) is 0.618. The Bertz CT molecular complexity index is 448. The third-order valence-electron chi connectivity index (χ3n) is 2.85. The zero-order chi connectivity index (χ0) is 15.2. The fraction of sp³-hybridized carbons (Fsp3) is 0.562. The van der Waals surface area contributed by atoms with E-state index in [2.05, 4.69) is 30.4 Å². The lowest BCUT2D eigenvalue weighted by atomic mass is 10.0. The molecule has 0 saturated heterocycles. The van der Waals surface area contributed by atoms with Crippen molar-refractivity contribution in [3.63, 3.8) is 0 Å². The molecular formula is C16H25NO2S. The van der Waals surface area contributed by atoms with Gasteiger partial charge in [-0.15, -0.1) is 11.8 Å². The van der Waals surface area contributed by atoms with Crippen molar-refractivity contribution in [2.45, 2.75) is 51.1 Å². The number of carbonyl (C=O) groups is 1. The van der Waals surface area contributed by atoms with E-state index in [9.17, 15) is 4.79 Å². The highest BCUT2D eigenvalue weighted by molar-refractivity contribution is 7.99. The fourth-order valence-corrected chi connectivity index (χ4v) is 3.12. The van der Waals surface area contributed by atoms with Crippen LogP contribution in [0.3, 0.4) is 0 Å². The minimum Gasteiger partial charge on any atom is -0.465 e. The van der Waals surface area contributed by atoms with E-state index in [0.717, 1.165) is 0 Å². The maximum atomic E-state index is 12.2. The predicted molar refractivity (Wildman–Crippen MR) is 85.2 cm³/mol. The number of esters is 1. The molecule has 0 radical (unpaired) electrons. The third kappa shape index (κ3) is 5.17. The molecule has 1 aromatic carbocycles. The van der Waals surface area contributed by atoms with Crippen LogP contribution in [0.25, 0.3) is 0 Å². The van der Waals surface area contributed by atoms with Gasteiger partial charge in [-0.2, -0.15) is 0 Å². The molecule has 1 N–H and O–H groups in total. The minimum atomic E-state index is -0.668. The maximum Gasteiger partial charge on any atom is 0.326 e. The topological polar surface area (TPSA) is 38.3 Å². The van der Waals surface area contributed by atoms with E-state index in [1.54, 1.807) is 11.8 Å². The zero-order valence-corrected chi connectivity index (χ0v) is 13.8. The van der Waals surface area contributed by atoms with Crippen LogP contribution in [0.4, 0.5) is 0 Å². The molecular weight excluding hydrogens is 270 g/mol. The molecule has 0 bridgehead atoms. The normalized spacial score (nSPS) is 14.1. The lowest BCUT2D eigenvalue weighted by Gasteiger charge is -2.30. The lowest BCUT2D eigenvalue weighted by Crippen LogP contribution is -2.55. The van der Waals surface area contributed by atoms with Crippen molar-refractivity contribution in [1.82, 2.24) is 5.32 Å². The average Bonchev–Trinajstić information content (AvgIpc) is 2.36. The summed E-state index contributed by atoms with van der Waals surface area (Å²) in [5, 5.41) is 3.33. The summed E-state index contributed by atoms with van der Waals surface area (Å²) in [4.78, 5) is 13.4. The molecule has 1 atom stereocenters. The first-order chi connectivity index (χ1) is 9.37. The van der Waals surface area contributed by atoms with Crippen LogP contribution < -0.4 is 5.32 Å². The molecule has 20 heavy (non-hydrogen) atoms. The lowest BCUT2D eigenvalue weighted by molar-refractivity contribution is -0.149. The van der Waals surface area contributed by atoms with Gasteiger partial charge in [0, 0.05) is 16.7 Å². The molecule has 0 spiro atoms. The number of hydrogen-bond donors (Lipinski definition) is 1. The van der Waals surface area contributed by atoms with Crippen molar-refractivity contribution in [3.8, 4) is 0 Å². The molecule has 0 amide bonds. The van der Waals surface area contributed by atoms with Gasteiger partial charge in [0.05, 0.1) is 6.61 Å². The van der Waals surface area contributed by atoms with Gasteiger partial charge in [-0.1, -0.05) is 17.7 Å². The van der Waals surface area contributed by atoms with Gasteiger partial charge in [0.15, 0.2) is 0 Å². The standard InChI is InChI=1S/C16H25NO2S/c1-6-19-15(18)16(5,17-12(2)3)11-20-14-9-7-8-13(4)10-14/h7-10,12,17H,6,11H2,1-5H3. The van der Waals surface area contributed by atoms with Crippen LogP contribution in [0.2, 0.25) is 0 Å². The van der Waals surface area contributed by atoms with Gasteiger partial charge in [0.1, 0.15) is 5.54 Å². The van der Waals surface area contributed by atoms with E-state index >= 15 is 0 Å². The maximum absolute atomic E-state index is 12.2. The molecule has 0 aliphatic rings. The highest BCUT2D eigenvalue weighted by Crippen LogP contribution is 2.24. The Morgan fingerprint density at radius 1 is 1.45 bits per heavy atom. The Morgan fingerprint density at radius 3 is 2.70 bits per heavy atom. The molecule has 3 nitrogen and oxygen atoms in total. The van der Waals surface area contributed by atoms with Crippen molar-refractivity contribution in [1.29, 1.82) is 0 Å². The van der Waals surface area contributed by atoms with Crippen LogP contribution in [0.15, 0.2) is 29.2 Å². The monoisotopic (exact) mass is 295 g/mol. The largest absolute Gasteiger partial charge is 0.465 e. The summed E-state index contributed by atoms with van der Waals surface area (Å²) in [5.74, 6) is 0.460. The van der Waals surface area contributed by atoms with Crippen LogP contribution in [-0.2, 0) is 9.53 Å². The molecule has 0 fully saturated rings. The van der Waals surface area contributed by atoms with Gasteiger partial charge < -0.3 is 4.74 Å². The molecule has 1 rings (SSSR count). The summed E-state index contributed by atoms with van der Waals surface area (Å²) in [6.45, 7) is 10.3. The second-order valence-corrected chi connectivity index (χ2v) is 6.51.